The fourth-order valence-corrected chi connectivity index (χ4v) is 2.70. The Morgan fingerprint density at radius 3 is 2.32 bits per heavy atom. The van der Waals surface area contributed by atoms with E-state index in [1.165, 1.54) is 10.5 Å². The van der Waals surface area contributed by atoms with Gasteiger partial charge in [-0.15, -0.1) is 0 Å². The molecule has 1 fully saturated rings. The Balaban J connectivity index is 2.06. The molecule has 0 aliphatic carbocycles. The maximum absolute atomic E-state index is 12.3. The van der Waals surface area contributed by atoms with Crippen molar-refractivity contribution in [3.05, 3.63) is 17.5 Å². The largest absolute Gasteiger partial charge is 0.336 e. The fourth-order valence-electron chi connectivity index (χ4n) is 2.02. The summed E-state index contributed by atoms with van der Waals surface area (Å²) in [5.41, 5.74) is 1.34. The highest BCUT2D eigenvalue weighted by molar-refractivity contribution is 7.86. The highest BCUT2D eigenvalue weighted by Crippen LogP contribution is 2.12. The van der Waals surface area contributed by atoms with Gasteiger partial charge in [0.15, 0.2) is 0 Å². The number of piperazine rings is 1. The number of hydrogen-bond donors (Lipinski definition) is 1. The van der Waals surface area contributed by atoms with Crippen LogP contribution in [0.5, 0.6) is 0 Å². The lowest BCUT2D eigenvalue weighted by molar-refractivity contribution is 0.0697. The molecular formula is C10H17N5O3S. The van der Waals surface area contributed by atoms with Gasteiger partial charge in [-0.05, 0) is 6.92 Å². The van der Waals surface area contributed by atoms with Gasteiger partial charge < -0.3 is 4.90 Å². The van der Waals surface area contributed by atoms with Crippen molar-refractivity contribution < 1.29 is 13.2 Å². The van der Waals surface area contributed by atoms with Crippen LogP contribution in [0.3, 0.4) is 0 Å². The zero-order valence-corrected chi connectivity index (χ0v) is 11.7. The van der Waals surface area contributed by atoms with Crippen LogP contribution in [0.2, 0.25) is 0 Å². The van der Waals surface area contributed by atoms with E-state index in [1.807, 2.05) is 6.92 Å². The van der Waals surface area contributed by atoms with Crippen LogP contribution in [0, 0.1) is 6.92 Å². The van der Waals surface area contributed by atoms with E-state index in [0.29, 0.717) is 18.7 Å². The first kappa shape index (κ1) is 14.0. The van der Waals surface area contributed by atoms with Gasteiger partial charge in [-0.1, -0.05) is 0 Å². The molecule has 19 heavy (non-hydrogen) atoms. The third-order valence-electron chi connectivity index (χ3n) is 3.35. The molecule has 0 bridgehead atoms. The number of carbonyl (C=O) groups is 1. The number of hydrogen-bond acceptors (Lipinski definition) is 4. The summed E-state index contributed by atoms with van der Waals surface area (Å²) in [4.78, 5) is 13.9. The molecule has 1 aromatic rings. The monoisotopic (exact) mass is 287 g/mol. The van der Waals surface area contributed by atoms with Gasteiger partial charge in [-0.2, -0.15) is 17.8 Å². The van der Waals surface area contributed by atoms with E-state index in [4.69, 9.17) is 5.14 Å². The van der Waals surface area contributed by atoms with Gasteiger partial charge in [-0.3, -0.25) is 9.48 Å². The Morgan fingerprint density at radius 1 is 1.32 bits per heavy atom. The van der Waals surface area contributed by atoms with Gasteiger partial charge in [0.2, 0.25) is 0 Å². The summed E-state index contributed by atoms with van der Waals surface area (Å²) >= 11 is 0. The van der Waals surface area contributed by atoms with Crippen molar-refractivity contribution in [3.8, 4) is 0 Å². The van der Waals surface area contributed by atoms with Crippen LogP contribution in [0.15, 0.2) is 6.20 Å². The predicted molar refractivity (Wildman–Crippen MR) is 68.5 cm³/mol. The minimum absolute atomic E-state index is 0.125. The van der Waals surface area contributed by atoms with Crippen molar-refractivity contribution in [2.24, 2.45) is 12.2 Å². The molecule has 8 nitrogen and oxygen atoms in total. The molecule has 0 spiro atoms. The second-order valence-corrected chi connectivity index (χ2v) is 6.05. The smallest absolute Gasteiger partial charge is 0.277 e. The Kier molecular flexibility index (Phi) is 3.61. The number of carbonyl (C=O) groups excluding carboxylic acids is 1. The van der Waals surface area contributed by atoms with Gasteiger partial charge in [0.1, 0.15) is 0 Å². The first-order chi connectivity index (χ1) is 8.80. The minimum Gasteiger partial charge on any atom is -0.336 e. The van der Waals surface area contributed by atoms with Crippen LogP contribution >= 0.6 is 0 Å². The van der Waals surface area contributed by atoms with E-state index in [9.17, 15) is 13.2 Å². The summed E-state index contributed by atoms with van der Waals surface area (Å²) in [6.07, 6.45) is 1.53. The second kappa shape index (κ2) is 4.91. The zero-order valence-electron chi connectivity index (χ0n) is 10.9. The molecule has 0 unspecified atom stereocenters. The van der Waals surface area contributed by atoms with E-state index in [1.54, 1.807) is 16.6 Å². The number of aromatic nitrogens is 2. The van der Waals surface area contributed by atoms with Crippen molar-refractivity contribution in [2.45, 2.75) is 6.92 Å². The minimum atomic E-state index is -3.66. The third kappa shape index (κ3) is 2.77. The van der Waals surface area contributed by atoms with Crippen LogP contribution in [-0.4, -0.2) is 59.5 Å². The van der Waals surface area contributed by atoms with Crippen LogP contribution in [0.1, 0.15) is 16.1 Å². The zero-order chi connectivity index (χ0) is 14.2. The van der Waals surface area contributed by atoms with Gasteiger partial charge >= 0.3 is 0 Å². The molecule has 2 N–H and O–H groups in total. The highest BCUT2D eigenvalue weighted by Gasteiger charge is 2.28. The van der Waals surface area contributed by atoms with Crippen molar-refractivity contribution in [1.29, 1.82) is 0 Å². The number of rotatable bonds is 2. The highest BCUT2D eigenvalue weighted by atomic mass is 32.2. The van der Waals surface area contributed by atoms with E-state index >= 15 is 0 Å². The Hall–Kier alpha value is -1.45. The maximum atomic E-state index is 12.3. The summed E-state index contributed by atoms with van der Waals surface area (Å²) in [5, 5.41) is 9.08. The fraction of sp³-hybridized carbons (Fsp3) is 0.600. The first-order valence-corrected chi connectivity index (χ1v) is 7.37. The maximum Gasteiger partial charge on any atom is 0.277 e. The summed E-state index contributed by atoms with van der Waals surface area (Å²) in [5.74, 6) is -0.125. The molecular weight excluding hydrogens is 270 g/mol. The van der Waals surface area contributed by atoms with Crippen LogP contribution < -0.4 is 5.14 Å². The SMILES string of the molecule is Cc1c(C(=O)N2CCN(S(N)(=O)=O)CC2)cnn1C. The summed E-state index contributed by atoms with van der Waals surface area (Å²) in [6.45, 7) is 2.95. The number of nitrogens with zero attached hydrogens (tertiary/aromatic N) is 4. The molecule has 0 radical (unpaired) electrons. The standard InChI is InChI=1S/C10H17N5O3S/c1-8-9(7-12-13(8)2)10(16)14-3-5-15(6-4-14)19(11,17)18/h7H,3-6H2,1-2H3,(H2,11,17,18). The Labute approximate surface area is 112 Å². The third-order valence-corrected chi connectivity index (χ3v) is 4.44. The van der Waals surface area contributed by atoms with Crippen molar-refractivity contribution in [1.82, 2.24) is 19.0 Å². The molecule has 1 amide bonds. The molecule has 0 atom stereocenters. The molecule has 1 aliphatic heterocycles. The van der Waals surface area contributed by atoms with E-state index in [0.717, 1.165) is 5.69 Å². The molecule has 106 valence electrons. The molecule has 0 saturated carbocycles. The molecule has 1 aromatic heterocycles. The normalized spacial score (nSPS) is 17.7. The summed E-state index contributed by atoms with van der Waals surface area (Å²) in [7, 11) is -1.90. The molecule has 2 rings (SSSR count). The van der Waals surface area contributed by atoms with Crippen molar-refractivity contribution >= 4 is 16.1 Å². The lowest BCUT2D eigenvalue weighted by atomic mass is 10.2. The van der Waals surface area contributed by atoms with Crippen molar-refractivity contribution in [2.75, 3.05) is 26.2 Å². The quantitative estimate of drug-likeness (QED) is 0.729. The van der Waals surface area contributed by atoms with Gasteiger partial charge in [-0.25, -0.2) is 5.14 Å². The van der Waals surface area contributed by atoms with Gasteiger partial charge in [0, 0.05) is 38.9 Å². The summed E-state index contributed by atoms with van der Waals surface area (Å²) in [6, 6.07) is 0. The number of amides is 1. The average Bonchev–Trinajstić information content (AvgIpc) is 2.68. The molecule has 1 aliphatic rings. The van der Waals surface area contributed by atoms with Gasteiger partial charge in [0.25, 0.3) is 16.1 Å². The number of aryl methyl sites for hydroxylation is 1. The van der Waals surface area contributed by atoms with Crippen molar-refractivity contribution in [3.63, 3.8) is 0 Å². The van der Waals surface area contributed by atoms with Crippen LogP contribution in [0.4, 0.5) is 0 Å². The second-order valence-electron chi connectivity index (χ2n) is 4.50. The van der Waals surface area contributed by atoms with E-state index in [-0.39, 0.29) is 19.0 Å². The lowest BCUT2D eigenvalue weighted by Crippen LogP contribution is -2.52. The molecule has 2 heterocycles. The predicted octanol–water partition coefficient (Wildman–Crippen LogP) is -1.31. The molecule has 1 saturated heterocycles. The molecule has 9 heteroatoms. The number of nitrogens with two attached hydrogens (primary N) is 1. The first-order valence-electron chi connectivity index (χ1n) is 5.86. The average molecular weight is 287 g/mol. The van der Waals surface area contributed by atoms with Crippen LogP contribution in [-0.2, 0) is 17.3 Å². The van der Waals surface area contributed by atoms with E-state index < -0.39 is 10.2 Å². The van der Waals surface area contributed by atoms with E-state index in [2.05, 4.69) is 5.10 Å². The van der Waals surface area contributed by atoms with Crippen LogP contribution in [0.25, 0.3) is 0 Å². The Morgan fingerprint density at radius 2 is 1.89 bits per heavy atom. The summed E-state index contributed by atoms with van der Waals surface area (Å²) < 4.78 is 25.2. The topological polar surface area (TPSA) is 102 Å². The Bertz CT molecular complexity index is 586. The molecule has 0 aromatic carbocycles. The van der Waals surface area contributed by atoms with Gasteiger partial charge in [0.05, 0.1) is 11.8 Å². The lowest BCUT2D eigenvalue weighted by Gasteiger charge is -2.32.